The molecule has 0 aliphatic carbocycles. The van der Waals surface area contributed by atoms with Crippen LogP contribution in [0.2, 0.25) is 0 Å². The highest BCUT2D eigenvalue weighted by molar-refractivity contribution is 5.77. The third-order valence-corrected chi connectivity index (χ3v) is 3.27. The van der Waals surface area contributed by atoms with E-state index in [4.69, 9.17) is 9.15 Å². The van der Waals surface area contributed by atoms with Gasteiger partial charge in [0.15, 0.2) is 6.61 Å². The van der Waals surface area contributed by atoms with Crippen molar-refractivity contribution in [3.8, 4) is 5.75 Å². The first-order chi connectivity index (χ1) is 10.9. The number of aryl methyl sites for hydroxylation is 2. The van der Waals surface area contributed by atoms with Gasteiger partial charge in [0.05, 0.1) is 0 Å². The average Bonchev–Trinajstić information content (AvgIpc) is 2.92. The Morgan fingerprint density at radius 1 is 1.22 bits per heavy atom. The minimum atomic E-state index is -0.301. The fourth-order valence-electron chi connectivity index (χ4n) is 2.16. The van der Waals surface area contributed by atoms with Crippen LogP contribution in [0.5, 0.6) is 5.75 Å². The molecule has 2 aromatic rings. The lowest BCUT2D eigenvalue weighted by atomic mass is 10.0. The molecule has 0 fully saturated rings. The molecule has 1 aromatic heterocycles. The summed E-state index contributed by atoms with van der Waals surface area (Å²) < 4.78 is 10.9. The first-order valence-electron chi connectivity index (χ1n) is 7.73. The summed E-state index contributed by atoms with van der Waals surface area (Å²) in [5.41, 5.74) is 1.14. The number of nitrogens with one attached hydrogen (secondary N) is 1. The molecular formula is C17H23N3O3. The van der Waals surface area contributed by atoms with Crippen molar-refractivity contribution in [1.29, 1.82) is 0 Å². The Kier molecular flexibility index (Phi) is 5.73. The van der Waals surface area contributed by atoms with Crippen molar-refractivity contribution in [2.45, 2.75) is 40.2 Å². The van der Waals surface area contributed by atoms with Gasteiger partial charge in [0.1, 0.15) is 11.8 Å². The molecule has 1 unspecified atom stereocenters. The van der Waals surface area contributed by atoms with Crippen molar-refractivity contribution in [3.05, 3.63) is 41.6 Å². The van der Waals surface area contributed by atoms with Crippen molar-refractivity contribution in [2.75, 3.05) is 6.61 Å². The minimum Gasteiger partial charge on any atom is -0.484 e. The lowest BCUT2D eigenvalue weighted by molar-refractivity contribution is -0.124. The number of carbonyl (C=O) groups excluding carboxylic acids is 1. The van der Waals surface area contributed by atoms with Crippen LogP contribution in [0.4, 0.5) is 0 Å². The Labute approximate surface area is 136 Å². The van der Waals surface area contributed by atoms with Gasteiger partial charge in [-0.05, 0) is 31.4 Å². The average molecular weight is 317 g/mol. The second kappa shape index (κ2) is 7.76. The fraction of sp³-hybridized carbons (Fsp3) is 0.471. The molecule has 6 heteroatoms. The quantitative estimate of drug-likeness (QED) is 0.849. The number of aromatic nitrogens is 2. The molecule has 0 saturated heterocycles. The maximum absolute atomic E-state index is 12.1. The van der Waals surface area contributed by atoms with E-state index in [0.29, 0.717) is 23.4 Å². The summed E-state index contributed by atoms with van der Waals surface area (Å²) in [6.07, 6.45) is 0.720. The molecule has 0 aliphatic heterocycles. The maximum Gasteiger partial charge on any atom is 0.258 e. The Bertz CT molecular complexity index is 635. The van der Waals surface area contributed by atoms with Crippen LogP contribution >= 0.6 is 0 Å². The summed E-state index contributed by atoms with van der Waals surface area (Å²) in [7, 11) is 0. The van der Waals surface area contributed by atoms with Crippen LogP contribution in [0, 0.1) is 19.8 Å². The first-order valence-corrected chi connectivity index (χ1v) is 7.73. The third-order valence-electron chi connectivity index (χ3n) is 3.27. The number of benzene rings is 1. The maximum atomic E-state index is 12.1. The number of hydrogen-bond acceptors (Lipinski definition) is 5. The van der Waals surface area contributed by atoms with Gasteiger partial charge in [-0.2, -0.15) is 0 Å². The zero-order chi connectivity index (χ0) is 16.8. The molecule has 23 heavy (non-hydrogen) atoms. The summed E-state index contributed by atoms with van der Waals surface area (Å²) >= 11 is 0. The van der Waals surface area contributed by atoms with Gasteiger partial charge in [-0.15, -0.1) is 10.2 Å². The van der Waals surface area contributed by atoms with E-state index in [1.54, 1.807) is 6.92 Å². The zero-order valence-electron chi connectivity index (χ0n) is 14.0. The van der Waals surface area contributed by atoms with Crippen LogP contribution in [-0.2, 0) is 4.79 Å². The number of nitrogens with zero attached hydrogens (tertiary/aromatic N) is 2. The molecule has 0 spiro atoms. The molecule has 1 amide bonds. The highest BCUT2D eigenvalue weighted by Gasteiger charge is 2.21. The number of hydrogen-bond donors (Lipinski definition) is 1. The van der Waals surface area contributed by atoms with Crippen LogP contribution in [0.25, 0.3) is 0 Å². The second-order valence-electron chi connectivity index (χ2n) is 6.01. The van der Waals surface area contributed by atoms with Crippen molar-refractivity contribution < 1.29 is 13.9 Å². The van der Waals surface area contributed by atoms with Gasteiger partial charge in [0.2, 0.25) is 11.8 Å². The predicted octanol–water partition coefficient (Wildman–Crippen LogP) is 2.97. The van der Waals surface area contributed by atoms with Gasteiger partial charge in [-0.3, -0.25) is 4.79 Å². The molecule has 1 heterocycles. The van der Waals surface area contributed by atoms with Gasteiger partial charge in [-0.25, -0.2) is 0 Å². The highest BCUT2D eigenvalue weighted by atomic mass is 16.5. The smallest absolute Gasteiger partial charge is 0.258 e. The molecule has 124 valence electrons. The topological polar surface area (TPSA) is 77.2 Å². The standard InChI is InChI=1S/C17H23N3O3/c1-11(2)9-15(17-20-19-13(4)23-17)18-16(21)10-22-14-7-5-12(3)6-8-14/h5-8,11,15H,9-10H2,1-4H3,(H,18,21). The van der Waals surface area contributed by atoms with Crippen LogP contribution in [0.3, 0.4) is 0 Å². The van der Waals surface area contributed by atoms with Gasteiger partial charge in [-0.1, -0.05) is 31.5 Å². The van der Waals surface area contributed by atoms with E-state index in [-0.39, 0.29) is 18.6 Å². The molecule has 1 N–H and O–H groups in total. The van der Waals surface area contributed by atoms with Crippen LogP contribution in [0.15, 0.2) is 28.7 Å². The summed E-state index contributed by atoms with van der Waals surface area (Å²) in [5, 5.41) is 10.7. The monoisotopic (exact) mass is 317 g/mol. The van der Waals surface area contributed by atoms with Crippen molar-refractivity contribution in [3.63, 3.8) is 0 Å². The van der Waals surface area contributed by atoms with Crippen LogP contribution in [-0.4, -0.2) is 22.7 Å². The number of amides is 1. The van der Waals surface area contributed by atoms with Gasteiger partial charge in [0.25, 0.3) is 5.91 Å². The predicted molar refractivity (Wildman–Crippen MR) is 86.0 cm³/mol. The summed E-state index contributed by atoms with van der Waals surface area (Å²) in [5.74, 6) is 1.75. The molecule has 0 bridgehead atoms. The fourth-order valence-corrected chi connectivity index (χ4v) is 2.16. The molecular weight excluding hydrogens is 294 g/mol. The van der Waals surface area contributed by atoms with Crippen LogP contribution in [0.1, 0.15) is 43.7 Å². The van der Waals surface area contributed by atoms with E-state index in [0.717, 1.165) is 12.0 Å². The summed E-state index contributed by atoms with van der Waals surface area (Å²) in [6, 6.07) is 7.27. The molecule has 2 rings (SSSR count). The Morgan fingerprint density at radius 2 is 1.91 bits per heavy atom. The Morgan fingerprint density at radius 3 is 2.48 bits per heavy atom. The van der Waals surface area contributed by atoms with Gasteiger partial charge >= 0.3 is 0 Å². The summed E-state index contributed by atoms with van der Waals surface area (Å²) in [4.78, 5) is 12.1. The lowest BCUT2D eigenvalue weighted by Crippen LogP contribution is -2.33. The molecule has 6 nitrogen and oxygen atoms in total. The van der Waals surface area contributed by atoms with Crippen molar-refractivity contribution >= 4 is 5.91 Å². The third kappa shape index (κ3) is 5.39. The molecule has 0 aliphatic rings. The SMILES string of the molecule is Cc1ccc(OCC(=O)NC(CC(C)C)c2nnc(C)o2)cc1. The Hall–Kier alpha value is -2.37. The lowest BCUT2D eigenvalue weighted by Gasteiger charge is -2.17. The van der Waals surface area contributed by atoms with Gasteiger partial charge < -0.3 is 14.5 Å². The number of carbonyl (C=O) groups is 1. The normalized spacial score (nSPS) is 12.2. The summed E-state index contributed by atoms with van der Waals surface area (Å²) in [6.45, 7) is 7.83. The molecule has 0 saturated carbocycles. The van der Waals surface area contributed by atoms with Gasteiger partial charge in [0, 0.05) is 6.92 Å². The minimum absolute atomic E-state index is 0.0508. The first kappa shape index (κ1) is 17.0. The number of rotatable bonds is 7. The van der Waals surface area contributed by atoms with E-state index in [1.165, 1.54) is 0 Å². The van der Waals surface area contributed by atoms with Crippen molar-refractivity contribution in [2.24, 2.45) is 5.92 Å². The van der Waals surface area contributed by atoms with E-state index in [1.807, 2.05) is 31.2 Å². The Balaban J connectivity index is 1.93. The molecule has 0 radical (unpaired) electrons. The van der Waals surface area contributed by atoms with Crippen molar-refractivity contribution in [1.82, 2.24) is 15.5 Å². The second-order valence-corrected chi connectivity index (χ2v) is 6.01. The molecule has 1 atom stereocenters. The van der Waals surface area contributed by atoms with E-state index >= 15 is 0 Å². The van der Waals surface area contributed by atoms with E-state index in [9.17, 15) is 4.79 Å². The van der Waals surface area contributed by atoms with E-state index < -0.39 is 0 Å². The highest BCUT2D eigenvalue weighted by Crippen LogP contribution is 2.20. The number of ether oxygens (including phenoxy) is 1. The molecule has 1 aromatic carbocycles. The van der Waals surface area contributed by atoms with Crippen LogP contribution < -0.4 is 10.1 Å². The zero-order valence-corrected chi connectivity index (χ0v) is 14.0. The largest absolute Gasteiger partial charge is 0.484 e. The van der Waals surface area contributed by atoms with E-state index in [2.05, 4.69) is 29.4 Å².